The lowest BCUT2D eigenvalue weighted by molar-refractivity contribution is 0.0203. The molecular weight excluding hydrogens is 505 g/mol. The zero-order chi connectivity index (χ0) is 20.0. The van der Waals surface area contributed by atoms with Crippen LogP contribution in [0.25, 0.3) is 0 Å². The number of rotatable bonds is 11. The van der Waals surface area contributed by atoms with Gasteiger partial charge in [0, 0.05) is 39.5 Å². The van der Waals surface area contributed by atoms with Gasteiger partial charge in [-0.3, -0.25) is 0 Å². The lowest BCUT2D eigenvalue weighted by Crippen LogP contribution is -2.38. The fourth-order valence-electron chi connectivity index (χ4n) is 2.90. The van der Waals surface area contributed by atoms with Gasteiger partial charge in [-0.25, -0.2) is 4.99 Å². The van der Waals surface area contributed by atoms with Crippen molar-refractivity contribution in [3.8, 4) is 5.75 Å². The largest absolute Gasteiger partial charge is 0.487 e. The monoisotopic (exact) mass is 539 g/mol. The summed E-state index contributed by atoms with van der Waals surface area (Å²) >= 11 is 6.14. The standard InChI is InChI=1S/C21H34ClN3O3.HI/c1-3-23-21(24-11-6-12-27-16-18-9-13-26-14-10-18)25-15-17(2)28-20-8-5-4-7-19(20)22;/h4-5,7-8,17-18H,3,6,9-16H2,1-2H3,(H2,23,24,25);1H. The quantitative estimate of drug-likeness (QED) is 0.192. The molecule has 1 atom stereocenters. The van der Waals surface area contributed by atoms with Gasteiger partial charge in [-0.2, -0.15) is 0 Å². The van der Waals surface area contributed by atoms with Crippen LogP contribution in [0.5, 0.6) is 5.75 Å². The summed E-state index contributed by atoms with van der Waals surface area (Å²) in [4.78, 5) is 4.60. The molecule has 0 spiro atoms. The van der Waals surface area contributed by atoms with E-state index in [9.17, 15) is 0 Å². The summed E-state index contributed by atoms with van der Waals surface area (Å²) in [6.45, 7) is 9.56. The summed E-state index contributed by atoms with van der Waals surface area (Å²) in [6, 6.07) is 7.49. The Morgan fingerprint density at radius 2 is 2.03 bits per heavy atom. The smallest absolute Gasteiger partial charge is 0.191 e. The van der Waals surface area contributed by atoms with Crippen molar-refractivity contribution < 1.29 is 14.2 Å². The van der Waals surface area contributed by atoms with Gasteiger partial charge in [-0.1, -0.05) is 23.7 Å². The first-order valence-electron chi connectivity index (χ1n) is 10.3. The fraction of sp³-hybridized carbons (Fsp3) is 0.667. The summed E-state index contributed by atoms with van der Waals surface area (Å²) in [5.74, 6) is 2.13. The first-order chi connectivity index (χ1) is 13.7. The van der Waals surface area contributed by atoms with Crippen molar-refractivity contribution in [2.24, 2.45) is 10.9 Å². The van der Waals surface area contributed by atoms with Gasteiger partial charge in [0.25, 0.3) is 0 Å². The van der Waals surface area contributed by atoms with Crippen molar-refractivity contribution in [3.05, 3.63) is 29.3 Å². The van der Waals surface area contributed by atoms with Gasteiger partial charge in [-0.15, -0.1) is 24.0 Å². The van der Waals surface area contributed by atoms with Crippen LogP contribution in [0, 0.1) is 5.92 Å². The molecule has 0 radical (unpaired) electrons. The summed E-state index contributed by atoms with van der Waals surface area (Å²) in [5, 5.41) is 7.22. The number of para-hydroxylation sites is 1. The van der Waals surface area contributed by atoms with Crippen molar-refractivity contribution in [2.75, 3.05) is 46.1 Å². The number of nitrogens with one attached hydrogen (secondary N) is 2. The third kappa shape index (κ3) is 11.3. The van der Waals surface area contributed by atoms with E-state index in [1.54, 1.807) is 0 Å². The van der Waals surface area contributed by atoms with Gasteiger partial charge in [0.2, 0.25) is 0 Å². The maximum atomic E-state index is 6.14. The van der Waals surface area contributed by atoms with E-state index in [1.807, 2.05) is 31.2 Å². The molecule has 1 unspecified atom stereocenters. The Morgan fingerprint density at radius 1 is 1.28 bits per heavy atom. The van der Waals surface area contributed by atoms with Crippen LogP contribution in [0.1, 0.15) is 33.1 Å². The van der Waals surface area contributed by atoms with Gasteiger partial charge in [0.15, 0.2) is 5.96 Å². The van der Waals surface area contributed by atoms with E-state index in [-0.39, 0.29) is 30.1 Å². The normalized spacial score (nSPS) is 16.0. The van der Waals surface area contributed by atoms with Crippen molar-refractivity contribution in [3.63, 3.8) is 0 Å². The highest BCUT2D eigenvalue weighted by molar-refractivity contribution is 14.0. The van der Waals surface area contributed by atoms with E-state index in [0.29, 0.717) is 23.2 Å². The average Bonchev–Trinajstić information content (AvgIpc) is 2.71. The topological polar surface area (TPSA) is 64.1 Å². The summed E-state index contributed by atoms with van der Waals surface area (Å²) in [5.41, 5.74) is 0. The minimum Gasteiger partial charge on any atom is -0.487 e. The first kappa shape index (κ1) is 26.3. The Kier molecular flexibility index (Phi) is 14.5. The predicted octanol–water partition coefficient (Wildman–Crippen LogP) is 4.11. The van der Waals surface area contributed by atoms with E-state index in [4.69, 9.17) is 25.8 Å². The Labute approximate surface area is 197 Å². The summed E-state index contributed by atoms with van der Waals surface area (Å²) < 4.78 is 17.0. The van der Waals surface area contributed by atoms with Crippen LogP contribution in [0.15, 0.2) is 29.3 Å². The van der Waals surface area contributed by atoms with Crippen LogP contribution in [0.2, 0.25) is 5.02 Å². The third-order valence-corrected chi connectivity index (χ3v) is 4.78. The Hall–Kier alpha value is -0.770. The maximum absolute atomic E-state index is 6.14. The number of hydrogen-bond acceptors (Lipinski definition) is 4. The molecular formula is C21H35ClIN3O3. The minimum absolute atomic E-state index is 0. The first-order valence-corrected chi connectivity index (χ1v) is 10.7. The van der Waals surface area contributed by atoms with Crippen LogP contribution in [0.4, 0.5) is 0 Å². The molecule has 6 nitrogen and oxygen atoms in total. The molecule has 0 amide bonds. The second-order valence-electron chi connectivity index (χ2n) is 6.99. The molecule has 1 aliphatic rings. The Morgan fingerprint density at radius 3 is 2.76 bits per heavy atom. The number of benzene rings is 1. The maximum Gasteiger partial charge on any atom is 0.191 e. The van der Waals surface area contributed by atoms with Crippen molar-refractivity contribution in [2.45, 2.75) is 39.2 Å². The lowest BCUT2D eigenvalue weighted by Gasteiger charge is -2.21. The predicted molar refractivity (Wildman–Crippen MR) is 130 cm³/mol. The van der Waals surface area contributed by atoms with Gasteiger partial charge in [-0.05, 0) is 51.2 Å². The Bertz CT molecular complexity index is 586. The molecule has 166 valence electrons. The fourth-order valence-corrected chi connectivity index (χ4v) is 3.08. The van der Waals surface area contributed by atoms with E-state index in [0.717, 1.165) is 64.7 Å². The van der Waals surface area contributed by atoms with E-state index < -0.39 is 0 Å². The zero-order valence-electron chi connectivity index (χ0n) is 17.5. The molecule has 0 aliphatic carbocycles. The highest BCUT2D eigenvalue weighted by Crippen LogP contribution is 2.24. The number of ether oxygens (including phenoxy) is 3. The summed E-state index contributed by atoms with van der Waals surface area (Å²) in [6.07, 6.45) is 3.10. The van der Waals surface area contributed by atoms with E-state index >= 15 is 0 Å². The van der Waals surface area contributed by atoms with Crippen LogP contribution in [-0.4, -0.2) is 58.1 Å². The van der Waals surface area contributed by atoms with Gasteiger partial charge in [0.1, 0.15) is 11.9 Å². The lowest BCUT2D eigenvalue weighted by atomic mass is 10.0. The third-order valence-electron chi connectivity index (χ3n) is 4.47. The molecule has 2 rings (SSSR count). The average molecular weight is 540 g/mol. The second-order valence-corrected chi connectivity index (χ2v) is 7.40. The molecule has 8 heteroatoms. The molecule has 0 aromatic heterocycles. The van der Waals surface area contributed by atoms with Crippen LogP contribution in [0.3, 0.4) is 0 Å². The highest BCUT2D eigenvalue weighted by Gasteiger charge is 2.13. The van der Waals surface area contributed by atoms with E-state index in [2.05, 4.69) is 22.5 Å². The number of aliphatic imine (C=N–C) groups is 1. The molecule has 1 aromatic carbocycles. The van der Waals surface area contributed by atoms with Crippen molar-refractivity contribution >= 4 is 41.5 Å². The zero-order valence-corrected chi connectivity index (χ0v) is 20.6. The minimum atomic E-state index is -0.0711. The molecule has 0 bridgehead atoms. The molecule has 2 N–H and O–H groups in total. The highest BCUT2D eigenvalue weighted by atomic mass is 127. The molecule has 1 saturated heterocycles. The van der Waals surface area contributed by atoms with Gasteiger partial charge in [0.05, 0.1) is 11.6 Å². The molecule has 1 heterocycles. The van der Waals surface area contributed by atoms with Gasteiger partial charge >= 0.3 is 0 Å². The molecule has 1 aromatic rings. The number of nitrogens with zero attached hydrogens (tertiary/aromatic N) is 1. The SMILES string of the molecule is CCNC(=NCC(C)Oc1ccccc1Cl)NCCCOCC1CCOCC1.I. The van der Waals surface area contributed by atoms with Crippen molar-refractivity contribution in [1.82, 2.24) is 10.6 Å². The number of halogens is 2. The molecule has 1 aliphatic heterocycles. The van der Waals surface area contributed by atoms with Crippen LogP contribution < -0.4 is 15.4 Å². The summed E-state index contributed by atoms with van der Waals surface area (Å²) in [7, 11) is 0. The number of guanidine groups is 1. The van der Waals surface area contributed by atoms with Crippen molar-refractivity contribution in [1.29, 1.82) is 0 Å². The Balaban J connectivity index is 0.00000420. The van der Waals surface area contributed by atoms with E-state index in [1.165, 1.54) is 0 Å². The molecule has 1 fully saturated rings. The van der Waals surface area contributed by atoms with Crippen LogP contribution >= 0.6 is 35.6 Å². The van der Waals surface area contributed by atoms with Crippen LogP contribution in [-0.2, 0) is 9.47 Å². The molecule has 29 heavy (non-hydrogen) atoms. The second kappa shape index (κ2) is 16.0. The van der Waals surface area contributed by atoms with Gasteiger partial charge < -0.3 is 24.8 Å². The molecule has 0 saturated carbocycles. The number of hydrogen-bond donors (Lipinski definition) is 2.